The van der Waals surface area contributed by atoms with E-state index in [2.05, 4.69) is 22.1 Å². The van der Waals surface area contributed by atoms with E-state index in [1.807, 2.05) is 47.0 Å². The third-order valence-corrected chi connectivity index (χ3v) is 8.38. The van der Waals surface area contributed by atoms with E-state index in [4.69, 9.17) is 24.4 Å². The van der Waals surface area contributed by atoms with Crippen LogP contribution in [0.2, 0.25) is 0 Å². The highest BCUT2D eigenvalue weighted by Crippen LogP contribution is 2.36. The highest BCUT2D eigenvalue weighted by Gasteiger charge is 2.34. The van der Waals surface area contributed by atoms with E-state index < -0.39 is 10.3 Å². The van der Waals surface area contributed by atoms with Gasteiger partial charge in [0.05, 0.1) is 37.0 Å². The van der Waals surface area contributed by atoms with Crippen molar-refractivity contribution in [3.05, 3.63) is 23.5 Å². The van der Waals surface area contributed by atoms with Gasteiger partial charge in [0.15, 0.2) is 4.34 Å². The molecule has 0 bridgehead atoms. The number of hydrogen-bond donors (Lipinski definition) is 0. The van der Waals surface area contributed by atoms with Gasteiger partial charge in [-0.1, -0.05) is 44.4 Å². The Hall–Kier alpha value is -1.91. The smallest absolute Gasteiger partial charge is 0.322 e. The lowest BCUT2D eigenvalue weighted by atomic mass is 10.1. The lowest BCUT2D eigenvalue weighted by molar-refractivity contribution is -0.156. The summed E-state index contributed by atoms with van der Waals surface area (Å²) in [4.78, 5) is 31.5. The van der Waals surface area contributed by atoms with E-state index in [9.17, 15) is 4.79 Å². The average Bonchev–Trinajstić information content (AvgIpc) is 3.32. The van der Waals surface area contributed by atoms with Crippen LogP contribution >= 0.6 is 23.1 Å². The Labute approximate surface area is 236 Å². The van der Waals surface area contributed by atoms with E-state index >= 15 is 0 Å². The lowest BCUT2D eigenvalue weighted by Gasteiger charge is -2.29. The quantitative estimate of drug-likeness (QED) is 0.156. The molecule has 1 fully saturated rings. The van der Waals surface area contributed by atoms with Crippen LogP contribution in [0.3, 0.4) is 0 Å². The Balaban J connectivity index is 1.61. The molecule has 0 spiro atoms. The second kappa shape index (κ2) is 14.5. The number of hydrogen-bond acceptors (Lipinski definition) is 10. The number of thioether (sulfide) groups is 1. The zero-order valence-electron chi connectivity index (χ0n) is 24.0. The standard InChI is InChI=1S/C28H45N5O3S2/c1-7-8-9-10-11-13-33(25-29-19-23(20-30-25)32-15-17-35-18-16-32)14-12-22-21-37-26(31-22)38-28(5,6)24(34)36-27(2,3)4/h19-21H,7-18H2,1-6H3. The maximum Gasteiger partial charge on any atom is 0.322 e. The Bertz CT molecular complexity index is 985. The summed E-state index contributed by atoms with van der Waals surface area (Å²) in [6, 6.07) is 0. The van der Waals surface area contributed by atoms with Crippen LogP contribution in [-0.2, 0) is 20.7 Å². The van der Waals surface area contributed by atoms with Gasteiger partial charge in [0.2, 0.25) is 5.95 Å². The summed E-state index contributed by atoms with van der Waals surface area (Å²) in [5.74, 6) is 0.548. The summed E-state index contributed by atoms with van der Waals surface area (Å²) >= 11 is 3.05. The van der Waals surface area contributed by atoms with Crippen LogP contribution in [0.25, 0.3) is 0 Å². The van der Waals surface area contributed by atoms with E-state index in [0.29, 0.717) is 0 Å². The molecular weight excluding hydrogens is 518 g/mol. The Morgan fingerprint density at radius 2 is 1.76 bits per heavy atom. The third kappa shape index (κ3) is 10.0. The fourth-order valence-corrected chi connectivity index (χ4v) is 6.30. The van der Waals surface area contributed by atoms with Crippen LogP contribution in [0.15, 0.2) is 22.1 Å². The highest BCUT2D eigenvalue weighted by atomic mass is 32.2. The van der Waals surface area contributed by atoms with Crippen molar-refractivity contribution in [2.45, 2.75) is 94.8 Å². The third-order valence-electron chi connectivity index (χ3n) is 6.22. The maximum absolute atomic E-state index is 12.7. The SMILES string of the molecule is CCCCCCCN(CCc1csc(SC(C)(C)C(=O)OC(C)(C)C)n1)c1ncc(N2CCOCC2)cn1. The van der Waals surface area contributed by atoms with Gasteiger partial charge in [0.25, 0.3) is 0 Å². The minimum absolute atomic E-state index is 0.223. The number of morpholine rings is 1. The normalized spacial score (nSPS) is 14.5. The minimum atomic E-state index is -0.705. The topological polar surface area (TPSA) is 80.7 Å². The fourth-order valence-electron chi connectivity index (χ4n) is 4.04. The molecule has 8 nitrogen and oxygen atoms in total. The number of anilines is 2. The Morgan fingerprint density at radius 1 is 1.08 bits per heavy atom. The van der Waals surface area contributed by atoms with Crippen molar-refractivity contribution in [2.24, 2.45) is 0 Å². The van der Waals surface area contributed by atoms with Gasteiger partial charge in [0.1, 0.15) is 10.3 Å². The number of aromatic nitrogens is 3. The van der Waals surface area contributed by atoms with Crippen molar-refractivity contribution in [3.8, 4) is 0 Å². The zero-order valence-corrected chi connectivity index (χ0v) is 25.6. The number of nitrogens with zero attached hydrogens (tertiary/aromatic N) is 5. The van der Waals surface area contributed by atoms with Crippen molar-refractivity contribution < 1.29 is 14.3 Å². The van der Waals surface area contributed by atoms with Crippen LogP contribution in [0.4, 0.5) is 11.6 Å². The van der Waals surface area contributed by atoms with Crippen LogP contribution in [0, 0.1) is 0 Å². The number of unbranched alkanes of at least 4 members (excludes halogenated alkanes) is 4. The monoisotopic (exact) mass is 563 g/mol. The van der Waals surface area contributed by atoms with Gasteiger partial charge < -0.3 is 19.3 Å². The number of rotatable bonds is 14. The molecule has 3 rings (SSSR count). The van der Waals surface area contributed by atoms with E-state index in [0.717, 1.165) is 73.9 Å². The van der Waals surface area contributed by atoms with Crippen LogP contribution in [0.5, 0.6) is 0 Å². The second-order valence-electron chi connectivity index (χ2n) is 11.2. The molecule has 3 heterocycles. The first-order valence-corrected chi connectivity index (χ1v) is 15.5. The van der Waals surface area contributed by atoms with Gasteiger partial charge >= 0.3 is 5.97 Å². The van der Waals surface area contributed by atoms with Gasteiger partial charge in [-0.25, -0.2) is 15.0 Å². The van der Waals surface area contributed by atoms with Crippen molar-refractivity contribution in [1.29, 1.82) is 0 Å². The van der Waals surface area contributed by atoms with Gasteiger partial charge in [0, 0.05) is 38.0 Å². The molecule has 1 aliphatic heterocycles. The Kier molecular flexibility index (Phi) is 11.7. The molecule has 0 saturated carbocycles. The molecule has 0 atom stereocenters. The second-order valence-corrected chi connectivity index (χ2v) is 13.9. The molecule has 0 aromatic carbocycles. The molecule has 38 heavy (non-hydrogen) atoms. The van der Waals surface area contributed by atoms with Gasteiger partial charge in [-0.15, -0.1) is 11.3 Å². The summed E-state index contributed by atoms with van der Waals surface area (Å²) in [6.07, 6.45) is 10.8. The van der Waals surface area contributed by atoms with Gasteiger partial charge in [-0.2, -0.15) is 0 Å². The van der Waals surface area contributed by atoms with Gasteiger partial charge in [-0.05, 0) is 41.0 Å². The first-order valence-electron chi connectivity index (χ1n) is 13.8. The van der Waals surface area contributed by atoms with Crippen molar-refractivity contribution in [1.82, 2.24) is 15.0 Å². The van der Waals surface area contributed by atoms with Crippen molar-refractivity contribution in [3.63, 3.8) is 0 Å². The summed E-state index contributed by atoms with van der Waals surface area (Å²) in [5.41, 5.74) is 1.57. The maximum atomic E-state index is 12.7. The number of esters is 1. The molecule has 2 aromatic rings. The van der Waals surface area contributed by atoms with Crippen molar-refractivity contribution in [2.75, 3.05) is 49.2 Å². The first-order chi connectivity index (χ1) is 18.1. The molecule has 0 unspecified atom stereocenters. The first kappa shape index (κ1) is 30.6. The minimum Gasteiger partial charge on any atom is -0.459 e. The van der Waals surface area contributed by atoms with E-state index in [1.165, 1.54) is 37.4 Å². The van der Waals surface area contributed by atoms with Crippen molar-refractivity contribution >= 4 is 40.7 Å². The predicted octanol–water partition coefficient (Wildman–Crippen LogP) is 6.00. The van der Waals surface area contributed by atoms with Crippen LogP contribution < -0.4 is 9.80 Å². The largest absolute Gasteiger partial charge is 0.459 e. The van der Waals surface area contributed by atoms with E-state index in [-0.39, 0.29) is 5.97 Å². The van der Waals surface area contributed by atoms with Gasteiger partial charge in [-0.3, -0.25) is 4.79 Å². The molecule has 0 radical (unpaired) electrons. The lowest BCUT2D eigenvalue weighted by Crippen LogP contribution is -2.36. The number of thiazole rings is 1. The molecule has 0 N–H and O–H groups in total. The van der Waals surface area contributed by atoms with Crippen LogP contribution in [-0.4, -0.2) is 70.7 Å². The molecule has 1 saturated heterocycles. The average molecular weight is 564 g/mol. The molecule has 0 aliphatic carbocycles. The molecule has 1 aliphatic rings. The molecule has 0 amide bonds. The fraction of sp³-hybridized carbons (Fsp3) is 0.714. The predicted molar refractivity (Wildman–Crippen MR) is 158 cm³/mol. The molecule has 212 valence electrons. The molecular formula is C28H45N5O3S2. The van der Waals surface area contributed by atoms with Crippen LogP contribution in [0.1, 0.15) is 79.3 Å². The zero-order chi connectivity index (χ0) is 27.6. The summed E-state index contributed by atoms with van der Waals surface area (Å²) in [7, 11) is 0. The number of carbonyl (C=O) groups is 1. The number of ether oxygens (including phenoxy) is 2. The summed E-state index contributed by atoms with van der Waals surface area (Å²) in [5, 5.41) is 2.09. The van der Waals surface area contributed by atoms with E-state index in [1.54, 1.807) is 11.3 Å². The summed E-state index contributed by atoms with van der Waals surface area (Å²) < 4.78 is 11.3. The Morgan fingerprint density at radius 3 is 2.42 bits per heavy atom. The number of carbonyl (C=O) groups excluding carboxylic acids is 1. The molecule has 2 aromatic heterocycles. The molecule has 10 heteroatoms. The summed E-state index contributed by atoms with van der Waals surface area (Å²) in [6.45, 7) is 16.7. The highest BCUT2D eigenvalue weighted by molar-refractivity contribution is 8.03.